The summed E-state index contributed by atoms with van der Waals surface area (Å²) in [6.45, 7) is 0. The van der Waals surface area contributed by atoms with Crippen LogP contribution in [0.4, 0.5) is 17.1 Å². The highest BCUT2D eigenvalue weighted by atomic mass is 32.1. The van der Waals surface area contributed by atoms with Gasteiger partial charge >= 0.3 is 0 Å². The van der Waals surface area contributed by atoms with Gasteiger partial charge in [0.15, 0.2) is 0 Å². The van der Waals surface area contributed by atoms with Gasteiger partial charge in [-0.25, -0.2) is 0 Å². The second-order valence-electron chi connectivity index (χ2n) is 16.5. The number of thiophene rings is 1. The van der Waals surface area contributed by atoms with E-state index < -0.39 is 0 Å². The number of hydrogen-bond donors (Lipinski definition) is 0. The van der Waals surface area contributed by atoms with Crippen molar-refractivity contribution in [2.24, 2.45) is 0 Å². The van der Waals surface area contributed by atoms with Gasteiger partial charge in [0.25, 0.3) is 0 Å². The molecule has 0 spiro atoms. The van der Waals surface area contributed by atoms with E-state index in [2.05, 4.69) is 240 Å². The fraction of sp³-hybridized carbons (Fsp3) is 0. The van der Waals surface area contributed by atoms with E-state index in [1.54, 1.807) is 0 Å². The van der Waals surface area contributed by atoms with Crippen LogP contribution in [-0.4, -0.2) is 4.57 Å². The summed E-state index contributed by atoms with van der Waals surface area (Å²) in [6, 6.07) is 83.3. The number of hydrogen-bond acceptors (Lipinski definition) is 3. The number of fused-ring (bicyclic) bond motifs is 9. The van der Waals surface area contributed by atoms with Gasteiger partial charge in [0.05, 0.1) is 22.1 Å². The molecule has 0 saturated heterocycles. The third-order valence-electron chi connectivity index (χ3n) is 12.8. The van der Waals surface area contributed by atoms with Crippen molar-refractivity contribution >= 4 is 92.3 Å². The van der Waals surface area contributed by atoms with Crippen molar-refractivity contribution in [1.82, 2.24) is 4.57 Å². The minimum Gasteiger partial charge on any atom is -0.455 e. The normalized spacial score (nSPS) is 11.8. The zero-order chi connectivity index (χ0) is 42.1. The van der Waals surface area contributed by atoms with E-state index in [-0.39, 0.29) is 0 Å². The predicted octanol–water partition coefficient (Wildman–Crippen LogP) is 17.5. The van der Waals surface area contributed by atoms with Gasteiger partial charge in [-0.05, 0) is 107 Å². The summed E-state index contributed by atoms with van der Waals surface area (Å²) in [5.74, 6) is 0. The second-order valence-corrected chi connectivity index (χ2v) is 17.5. The molecule has 64 heavy (non-hydrogen) atoms. The zero-order valence-electron chi connectivity index (χ0n) is 34.7. The average Bonchev–Trinajstić information content (AvgIpc) is 4.04. The van der Waals surface area contributed by atoms with Gasteiger partial charge in [-0.2, -0.15) is 0 Å². The number of nitrogens with zero attached hydrogens (tertiary/aromatic N) is 2. The molecular weight excluding hydrogens is 797 g/mol. The van der Waals surface area contributed by atoms with Crippen LogP contribution >= 0.6 is 11.3 Å². The zero-order valence-corrected chi connectivity index (χ0v) is 35.5. The largest absolute Gasteiger partial charge is 0.455 e. The van der Waals surface area contributed by atoms with Gasteiger partial charge in [0, 0.05) is 59.0 Å². The predicted molar refractivity (Wildman–Crippen MR) is 272 cm³/mol. The third-order valence-corrected chi connectivity index (χ3v) is 13.9. The monoisotopic (exact) mass is 834 g/mol. The molecule has 0 amide bonds. The van der Waals surface area contributed by atoms with Gasteiger partial charge in [-0.3, -0.25) is 0 Å². The van der Waals surface area contributed by atoms with E-state index in [9.17, 15) is 0 Å². The van der Waals surface area contributed by atoms with Crippen LogP contribution in [-0.2, 0) is 0 Å². The van der Waals surface area contributed by atoms with Gasteiger partial charge in [-0.1, -0.05) is 152 Å². The molecule has 0 radical (unpaired) electrons. The molecule has 13 aromatic rings. The lowest BCUT2D eigenvalue weighted by atomic mass is 9.98. The Labute approximate surface area is 373 Å². The quantitative estimate of drug-likeness (QED) is 0.159. The lowest BCUT2D eigenvalue weighted by Crippen LogP contribution is -2.10. The first-order chi connectivity index (χ1) is 31.7. The Morgan fingerprint density at radius 3 is 1.67 bits per heavy atom. The minimum atomic E-state index is 0.858. The standard InChI is InChI=1S/C60H38N2OS/c1-5-15-39(16-6-1)42-26-30-51-56(35-42)63-60-47(41-19-9-3-10-20-41)32-34-55(59(51)60)61(45-28-33-54-52(37-45)48-23-13-14-24-53(48)62(54)44-21-11-4-12-22-44)46-27-31-50-49-29-25-43(40-17-7-2-8-18-40)36-57(49)64-58(50)38-46/h1-38H. The van der Waals surface area contributed by atoms with Gasteiger partial charge in [-0.15, -0.1) is 11.3 Å². The van der Waals surface area contributed by atoms with Gasteiger partial charge < -0.3 is 13.9 Å². The van der Waals surface area contributed by atoms with Crippen molar-refractivity contribution < 1.29 is 4.42 Å². The Hall–Kier alpha value is -8.18. The third kappa shape index (κ3) is 5.88. The van der Waals surface area contributed by atoms with Crippen LogP contribution in [0.2, 0.25) is 0 Å². The smallest absolute Gasteiger partial charge is 0.145 e. The molecule has 0 unspecified atom stereocenters. The van der Waals surface area contributed by atoms with Crippen molar-refractivity contribution in [1.29, 1.82) is 0 Å². The summed E-state index contributed by atoms with van der Waals surface area (Å²) in [5.41, 5.74) is 15.3. The van der Waals surface area contributed by atoms with Crippen molar-refractivity contribution in [2.75, 3.05) is 4.90 Å². The van der Waals surface area contributed by atoms with E-state index in [0.717, 1.165) is 72.5 Å². The molecule has 0 aliphatic heterocycles. The topological polar surface area (TPSA) is 21.3 Å². The molecule has 13 rings (SSSR count). The van der Waals surface area contributed by atoms with Crippen molar-refractivity contribution in [3.05, 3.63) is 231 Å². The molecule has 300 valence electrons. The molecule has 0 N–H and O–H groups in total. The van der Waals surface area contributed by atoms with E-state index >= 15 is 0 Å². The van der Waals surface area contributed by atoms with Crippen LogP contribution in [0.15, 0.2) is 235 Å². The van der Waals surface area contributed by atoms with Crippen molar-refractivity contribution in [3.63, 3.8) is 0 Å². The fourth-order valence-electron chi connectivity index (χ4n) is 9.80. The number of anilines is 3. The molecular formula is C60H38N2OS. The minimum absolute atomic E-state index is 0.858. The first-order valence-corrected chi connectivity index (χ1v) is 22.6. The van der Waals surface area contributed by atoms with E-state index in [4.69, 9.17) is 4.42 Å². The summed E-state index contributed by atoms with van der Waals surface area (Å²) in [7, 11) is 0. The van der Waals surface area contributed by atoms with Crippen molar-refractivity contribution in [2.45, 2.75) is 0 Å². The summed E-state index contributed by atoms with van der Waals surface area (Å²) in [6.07, 6.45) is 0. The maximum atomic E-state index is 7.07. The molecule has 0 saturated carbocycles. The van der Waals surface area contributed by atoms with Crippen LogP contribution in [0.25, 0.3) is 103 Å². The Bertz CT molecular complexity index is 3890. The van der Waals surface area contributed by atoms with Crippen LogP contribution in [0.3, 0.4) is 0 Å². The highest BCUT2D eigenvalue weighted by Gasteiger charge is 2.24. The maximum absolute atomic E-state index is 7.07. The van der Waals surface area contributed by atoms with Crippen molar-refractivity contribution in [3.8, 4) is 39.1 Å². The number of para-hydroxylation sites is 2. The number of benzene rings is 10. The highest BCUT2D eigenvalue weighted by Crippen LogP contribution is 2.49. The summed E-state index contributed by atoms with van der Waals surface area (Å²) >= 11 is 1.86. The SMILES string of the molecule is c1ccc(-c2ccc3c(c2)oc2c(-c4ccccc4)ccc(N(c4ccc5c(c4)sc4cc(-c6ccccc6)ccc45)c4ccc5c(c4)c4ccccc4n5-c4ccccc4)c23)cc1. The first kappa shape index (κ1) is 36.5. The van der Waals surface area contributed by atoms with Gasteiger partial charge in [0.2, 0.25) is 0 Å². The summed E-state index contributed by atoms with van der Waals surface area (Å²) < 4.78 is 12.0. The molecule has 3 aromatic heterocycles. The molecule has 0 fully saturated rings. The lowest BCUT2D eigenvalue weighted by Gasteiger charge is -2.27. The van der Waals surface area contributed by atoms with E-state index in [1.807, 2.05) is 11.3 Å². The summed E-state index contributed by atoms with van der Waals surface area (Å²) in [5, 5.41) is 7.09. The Balaban J connectivity index is 1.08. The summed E-state index contributed by atoms with van der Waals surface area (Å²) in [4.78, 5) is 2.45. The molecule has 0 atom stereocenters. The Morgan fingerprint density at radius 2 is 0.938 bits per heavy atom. The molecule has 0 bridgehead atoms. The molecule has 0 aliphatic rings. The first-order valence-electron chi connectivity index (χ1n) is 21.7. The molecule has 3 heterocycles. The number of rotatable bonds is 7. The molecule has 10 aromatic carbocycles. The van der Waals surface area contributed by atoms with E-state index in [1.165, 1.54) is 47.6 Å². The maximum Gasteiger partial charge on any atom is 0.145 e. The second kappa shape index (κ2) is 14.7. The molecule has 0 aliphatic carbocycles. The van der Waals surface area contributed by atoms with E-state index in [0.29, 0.717) is 0 Å². The molecule has 4 heteroatoms. The average molecular weight is 835 g/mol. The van der Waals surface area contributed by atoms with Crippen LogP contribution in [0, 0.1) is 0 Å². The number of aromatic nitrogens is 1. The van der Waals surface area contributed by atoms with Crippen LogP contribution < -0.4 is 4.90 Å². The van der Waals surface area contributed by atoms with Gasteiger partial charge in [0.1, 0.15) is 11.2 Å². The van der Waals surface area contributed by atoms with Crippen LogP contribution in [0.1, 0.15) is 0 Å². The lowest BCUT2D eigenvalue weighted by molar-refractivity contribution is 0.670. The van der Waals surface area contributed by atoms with Crippen LogP contribution in [0.5, 0.6) is 0 Å². The molecule has 3 nitrogen and oxygen atoms in total. The fourth-order valence-corrected chi connectivity index (χ4v) is 11.0. The Kier molecular flexibility index (Phi) is 8.40. The number of furan rings is 1. The highest BCUT2D eigenvalue weighted by molar-refractivity contribution is 7.25. The Morgan fingerprint density at radius 1 is 0.375 bits per heavy atom.